The summed E-state index contributed by atoms with van der Waals surface area (Å²) in [5.41, 5.74) is 2.75. The standard InChI is InChI=1S/C22H26N2O2/c1-16-11-12-19(21(25)18-9-5-3-6-10-18)20(15-16)23-22(26)17(2)24-13-7-4-8-14-24/h3,5-6,9-12,15,17H,4,7-8,13-14H2,1-2H3,(H,23,26)/t17-/m1/s1. The Labute approximate surface area is 155 Å². The number of aryl methyl sites for hydroxylation is 1. The molecule has 0 spiro atoms. The molecule has 136 valence electrons. The number of nitrogens with one attached hydrogen (secondary N) is 1. The van der Waals surface area contributed by atoms with Crippen molar-refractivity contribution in [3.63, 3.8) is 0 Å². The van der Waals surface area contributed by atoms with Gasteiger partial charge >= 0.3 is 0 Å². The summed E-state index contributed by atoms with van der Waals surface area (Å²) in [7, 11) is 0. The molecule has 1 aliphatic rings. The first-order valence-corrected chi connectivity index (χ1v) is 9.31. The number of benzene rings is 2. The average molecular weight is 350 g/mol. The fourth-order valence-corrected chi connectivity index (χ4v) is 3.41. The quantitative estimate of drug-likeness (QED) is 0.828. The number of carbonyl (C=O) groups is 2. The van der Waals surface area contributed by atoms with Gasteiger partial charge in [-0.2, -0.15) is 0 Å². The lowest BCUT2D eigenvalue weighted by atomic mass is 10.00. The van der Waals surface area contributed by atoms with Crippen LogP contribution in [0.15, 0.2) is 48.5 Å². The maximum Gasteiger partial charge on any atom is 0.241 e. The van der Waals surface area contributed by atoms with E-state index < -0.39 is 0 Å². The van der Waals surface area contributed by atoms with Gasteiger partial charge in [-0.25, -0.2) is 0 Å². The Balaban J connectivity index is 1.81. The number of anilines is 1. The van der Waals surface area contributed by atoms with Crippen LogP contribution in [0.1, 0.15) is 47.7 Å². The molecule has 4 nitrogen and oxygen atoms in total. The molecule has 0 saturated carbocycles. The Kier molecular flexibility index (Phi) is 5.84. The van der Waals surface area contributed by atoms with E-state index in [1.807, 2.05) is 44.2 Å². The molecule has 2 aromatic carbocycles. The minimum atomic E-state index is -0.199. The van der Waals surface area contributed by atoms with Gasteiger partial charge in [0.05, 0.1) is 11.7 Å². The number of nitrogens with zero attached hydrogens (tertiary/aromatic N) is 1. The fourth-order valence-electron chi connectivity index (χ4n) is 3.41. The molecule has 4 heteroatoms. The third kappa shape index (κ3) is 4.20. The second kappa shape index (κ2) is 8.28. The van der Waals surface area contributed by atoms with Gasteiger partial charge in [0.15, 0.2) is 5.78 Å². The van der Waals surface area contributed by atoms with Crippen molar-refractivity contribution in [3.05, 3.63) is 65.2 Å². The molecule has 0 unspecified atom stereocenters. The van der Waals surface area contributed by atoms with Crippen LogP contribution in [0.4, 0.5) is 5.69 Å². The molecular weight excluding hydrogens is 324 g/mol. The Morgan fingerprint density at radius 3 is 2.38 bits per heavy atom. The van der Waals surface area contributed by atoms with E-state index >= 15 is 0 Å². The maximum atomic E-state index is 12.9. The molecule has 0 aromatic heterocycles. The van der Waals surface area contributed by atoms with Crippen LogP contribution in [0.25, 0.3) is 0 Å². The highest BCUT2D eigenvalue weighted by Gasteiger charge is 2.24. The van der Waals surface area contributed by atoms with Crippen molar-refractivity contribution >= 4 is 17.4 Å². The van der Waals surface area contributed by atoms with E-state index in [0.717, 1.165) is 31.5 Å². The summed E-state index contributed by atoms with van der Waals surface area (Å²) in [5, 5.41) is 3.00. The topological polar surface area (TPSA) is 49.4 Å². The van der Waals surface area contributed by atoms with Gasteiger partial charge in [-0.05, 0) is 57.5 Å². The van der Waals surface area contributed by atoms with Crippen molar-refractivity contribution in [1.29, 1.82) is 0 Å². The molecule has 1 amide bonds. The zero-order valence-electron chi connectivity index (χ0n) is 15.5. The smallest absolute Gasteiger partial charge is 0.241 e. The van der Waals surface area contributed by atoms with E-state index in [-0.39, 0.29) is 17.7 Å². The molecule has 3 rings (SSSR count). The van der Waals surface area contributed by atoms with Crippen molar-refractivity contribution in [2.45, 2.75) is 39.2 Å². The number of hydrogen-bond acceptors (Lipinski definition) is 3. The van der Waals surface area contributed by atoms with Gasteiger partial charge in [0.2, 0.25) is 5.91 Å². The molecule has 2 aromatic rings. The minimum Gasteiger partial charge on any atom is -0.324 e. The van der Waals surface area contributed by atoms with Crippen LogP contribution in [0.3, 0.4) is 0 Å². The number of hydrogen-bond donors (Lipinski definition) is 1. The highest BCUT2D eigenvalue weighted by atomic mass is 16.2. The van der Waals surface area contributed by atoms with Gasteiger partial charge in [-0.3, -0.25) is 14.5 Å². The molecule has 0 aliphatic carbocycles. The third-order valence-electron chi connectivity index (χ3n) is 5.03. The predicted octanol–water partition coefficient (Wildman–Crippen LogP) is 4.04. The molecule has 1 atom stereocenters. The van der Waals surface area contributed by atoms with E-state index in [0.29, 0.717) is 16.8 Å². The van der Waals surface area contributed by atoms with Gasteiger partial charge in [0.1, 0.15) is 0 Å². The van der Waals surface area contributed by atoms with E-state index in [9.17, 15) is 9.59 Å². The van der Waals surface area contributed by atoms with Crippen LogP contribution in [0.2, 0.25) is 0 Å². The minimum absolute atomic E-state index is 0.0559. The summed E-state index contributed by atoms with van der Waals surface area (Å²) in [6, 6.07) is 14.5. The van der Waals surface area contributed by atoms with E-state index in [2.05, 4.69) is 10.2 Å². The predicted molar refractivity (Wildman–Crippen MR) is 105 cm³/mol. The summed E-state index contributed by atoms with van der Waals surface area (Å²) in [5.74, 6) is -0.133. The van der Waals surface area contributed by atoms with E-state index in [4.69, 9.17) is 0 Å². The summed E-state index contributed by atoms with van der Waals surface area (Å²) in [6.07, 6.45) is 3.51. The SMILES string of the molecule is Cc1ccc(C(=O)c2ccccc2)c(NC(=O)[C@@H](C)N2CCCCC2)c1. The van der Waals surface area contributed by atoms with Gasteiger partial charge in [0.25, 0.3) is 0 Å². The molecule has 1 heterocycles. The van der Waals surface area contributed by atoms with E-state index in [1.54, 1.807) is 18.2 Å². The molecule has 0 radical (unpaired) electrons. The van der Waals surface area contributed by atoms with Crippen LogP contribution in [0.5, 0.6) is 0 Å². The Morgan fingerprint density at radius 1 is 1.00 bits per heavy atom. The molecule has 1 aliphatic heterocycles. The van der Waals surface area contributed by atoms with Crippen molar-refractivity contribution in [2.24, 2.45) is 0 Å². The highest BCUT2D eigenvalue weighted by molar-refractivity contribution is 6.14. The number of rotatable bonds is 5. The first kappa shape index (κ1) is 18.3. The second-order valence-corrected chi connectivity index (χ2v) is 7.01. The first-order chi connectivity index (χ1) is 12.6. The zero-order chi connectivity index (χ0) is 18.5. The zero-order valence-corrected chi connectivity index (χ0v) is 15.5. The number of carbonyl (C=O) groups excluding carboxylic acids is 2. The summed E-state index contributed by atoms with van der Waals surface area (Å²) >= 11 is 0. The Morgan fingerprint density at radius 2 is 1.69 bits per heavy atom. The second-order valence-electron chi connectivity index (χ2n) is 7.01. The van der Waals surface area contributed by atoms with Crippen LogP contribution in [0, 0.1) is 6.92 Å². The van der Waals surface area contributed by atoms with Crippen molar-refractivity contribution < 1.29 is 9.59 Å². The van der Waals surface area contributed by atoms with Gasteiger partial charge in [-0.15, -0.1) is 0 Å². The van der Waals surface area contributed by atoms with Crippen molar-refractivity contribution in [2.75, 3.05) is 18.4 Å². The fraction of sp³-hybridized carbons (Fsp3) is 0.364. The lowest BCUT2D eigenvalue weighted by Gasteiger charge is -2.31. The summed E-state index contributed by atoms with van der Waals surface area (Å²) in [4.78, 5) is 27.9. The number of ketones is 1. The normalized spacial score (nSPS) is 16.1. The van der Waals surface area contributed by atoms with Gasteiger partial charge in [-0.1, -0.05) is 42.8 Å². The number of likely N-dealkylation sites (tertiary alicyclic amines) is 1. The first-order valence-electron chi connectivity index (χ1n) is 9.31. The molecule has 26 heavy (non-hydrogen) atoms. The lowest BCUT2D eigenvalue weighted by molar-refractivity contribution is -0.121. The lowest BCUT2D eigenvalue weighted by Crippen LogP contribution is -2.44. The summed E-state index contributed by atoms with van der Waals surface area (Å²) in [6.45, 7) is 5.81. The van der Waals surface area contributed by atoms with Gasteiger partial charge < -0.3 is 5.32 Å². The van der Waals surface area contributed by atoms with Gasteiger partial charge in [0, 0.05) is 11.1 Å². The largest absolute Gasteiger partial charge is 0.324 e. The average Bonchev–Trinajstić information content (AvgIpc) is 2.68. The molecular formula is C22H26N2O2. The molecule has 1 N–H and O–H groups in total. The number of piperidine rings is 1. The Hall–Kier alpha value is -2.46. The molecule has 0 bridgehead atoms. The van der Waals surface area contributed by atoms with E-state index in [1.165, 1.54) is 6.42 Å². The van der Waals surface area contributed by atoms with Crippen molar-refractivity contribution in [3.8, 4) is 0 Å². The summed E-state index contributed by atoms with van der Waals surface area (Å²) < 4.78 is 0. The molecule has 1 fully saturated rings. The monoisotopic (exact) mass is 350 g/mol. The maximum absolute atomic E-state index is 12.9. The Bertz CT molecular complexity index is 780. The third-order valence-corrected chi connectivity index (χ3v) is 5.03. The van der Waals surface area contributed by atoms with Crippen LogP contribution in [-0.4, -0.2) is 35.7 Å². The van der Waals surface area contributed by atoms with Crippen LogP contribution >= 0.6 is 0 Å². The highest BCUT2D eigenvalue weighted by Crippen LogP contribution is 2.22. The van der Waals surface area contributed by atoms with Crippen LogP contribution in [-0.2, 0) is 4.79 Å². The van der Waals surface area contributed by atoms with Crippen LogP contribution < -0.4 is 5.32 Å². The number of amides is 1. The van der Waals surface area contributed by atoms with Crippen molar-refractivity contribution in [1.82, 2.24) is 4.90 Å². The molecule has 1 saturated heterocycles.